The first-order valence-corrected chi connectivity index (χ1v) is 9.02. The van der Waals surface area contributed by atoms with Gasteiger partial charge in [0.15, 0.2) is 23.2 Å². The van der Waals surface area contributed by atoms with Crippen LogP contribution >= 0.6 is 24.0 Å². The second-order valence-corrected chi connectivity index (χ2v) is 6.14. The number of fused-ring (bicyclic) bond motifs is 1. The highest BCUT2D eigenvalue weighted by atomic mass is 127. The Morgan fingerprint density at radius 1 is 1.19 bits per heavy atom. The molecule has 1 aromatic carbocycles. The van der Waals surface area contributed by atoms with Gasteiger partial charge in [0.2, 0.25) is 0 Å². The molecule has 148 valence electrons. The van der Waals surface area contributed by atoms with Gasteiger partial charge >= 0.3 is 0 Å². The van der Waals surface area contributed by atoms with Gasteiger partial charge in [-0.15, -0.1) is 24.0 Å². The van der Waals surface area contributed by atoms with E-state index in [2.05, 4.69) is 40.3 Å². The maximum absolute atomic E-state index is 5.66. The first kappa shape index (κ1) is 21.3. The lowest BCUT2D eigenvalue weighted by molar-refractivity contribution is 0.171. The number of aryl methyl sites for hydroxylation is 1. The average molecular weight is 486 g/mol. The number of rotatable bonds is 6. The largest absolute Gasteiger partial charge is 0.486 e. The molecule has 8 heteroatoms. The molecular weight excluding hydrogens is 459 g/mol. The number of halogens is 1. The predicted molar refractivity (Wildman–Crippen MR) is 115 cm³/mol. The Morgan fingerprint density at radius 3 is 2.67 bits per heavy atom. The third-order valence-corrected chi connectivity index (χ3v) is 4.08. The highest BCUT2D eigenvalue weighted by Gasteiger charge is 2.14. The molecule has 27 heavy (non-hydrogen) atoms. The van der Waals surface area contributed by atoms with E-state index in [1.54, 1.807) is 0 Å². The summed E-state index contributed by atoms with van der Waals surface area (Å²) in [5, 5.41) is 7.32. The molecule has 0 bridgehead atoms. The first-order valence-electron chi connectivity index (χ1n) is 9.02. The molecule has 0 amide bonds. The van der Waals surface area contributed by atoms with Gasteiger partial charge in [-0.25, -0.2) is 4.99 Å². The molecule has 1 aromatic heterocycles. The van der Waals surface area contributed by atoms with Crippen molar-refractivity contribution in [1.82, 2.24) is 15.4 Å². The number of hydrogen-bond acceptors (Lipinski definition) is 5. The van der Waals surface area contributed by atoms with Gasteiger partial charge in [0.1, 0.15) is 19.8 Å². The number of guanidine groups is 1. The minimum Gasteiger partial charge on any atom is -0.486 e. The van der Waals surface area contributed by atoms with Crippen LogP contribution in [0.15, 0.2) is 33.8 Å². The van der Waals surface area contributed by atoms with Crippen LogP contribution < -0.4 is 14.8 Å². The molecule has 0 aliphatic carbocycles. The summed E-state index contributed by atoms with van der Waals surface area (Å²) in [6.07, 6.45) is 0.858. The molecule has 1 aliphatic heterocycles. The Hall–Kier alpha value is -1.97. The van der Waals surface area contributed by atoms with Crippen molar-refractivity contribution in [1.29, 1.82) is 0 Å². The zero-order valence-corrected chi connectivity index (χ0v) is 18.4. The number of aromatic nitrogens is 1. The topological polar surface area (TPSA) is 72.1 Å². The minimum absolute atomic E-state index is 0. The summed E-state index contributed by atoms with van der Waals surface area (Å²) >= 11 is 0. The van der Waals surface area contributed by atoms with Gasteiger partial charge in [-0.1, -0.05) is 18.1 Å². The van der Waals surface area contributed by atoms with Crippen LogP contribution in [0.25, 0.3) is 0 Å². The van der Waals surface area contributed by atoms with E-state index in [9.17, 15) is 0 Å². The second-order valence-electron chi connectivity index (χ2n) is 6.14. The van der Waals surface area contributed by atoms with Gasteiger partial charge in [-0.2, -0.15) is 0 Å². The Morgan fingerprint density at radius 2 is 1.96 bits per heavy atom. The van der Waals surface area contributed by atoms with Crippen LogP contribution in [-0.2, 0) is 19.5 Å². The van der Waals surface area contributed by atoms with Crippen molar-refractivity contribution in [3.8, 4) is 11.5 Å². The van der Waals surface area contributed by atoms with E-state index in [-0.39, 0.29) is 24.0 Å². The summed E-state index contributed by atoms with van der Waals surface area (Å²) in [5.74, 6) is 3.19. The summed E-state index contributed by atoms with van der Waals surface area (Å²) < 4.78 is 16.6. The van der Waals surface area contributed by atoms with Crippen molar-refractivity contribution < 1.29 is 14.0 Å². The molecule has 0 saturated carbocycles. The normalized spacial score (nSPS) is 13.1. The molecule has 0 fully saturated rings. The number of aliphatic imine (C=N–C) groups is 1. The van der Waals surface area contributed by atoms with Crippen LogP contribution in [0.3, 0.4) is 0 Å². The van der Waals surface area contributed by atoms with Gasteiger partial charge in [0.05, 0.1) is 5.69 Å². The summed E-state index contributed by atoms with van der Waals surface area (Å²) in [4.78, 5) is 6.73. The van der Waals surface area contributed by atoms with Crippen LogP contribution in [0.5, 0.6) is 11.5 Å². The molecule has 0 atom stereocenters. The maximum Gasteiger partial charge on any atom is 0.194 e. The van der Waals surface area contributed by atoms with Crippen molar-refractivity contribution in [3.63, 3.8) is 0 Å². The third kappa shape index (κ3) is 5.75. The molecule has 1 aliphatic rings. The monoisotopic (exact) mass is 486 g/mol. The van der Waals surface area contributed by atoms with E-state index < -0.39 is 0 Å². The second kappa shape index (κ2) is 10.4. The lowest BCUT2D eigenvalue weighted by Crippen LogP contribution is -2.38. The number of hydrogen-bond donors (Lipinski definition) is 1. The SMILES string of the molecule is CCNC(=NCc1cc(CC)no1)N(C)Cc1ccc2c(c1)OCCO2.I. The molecule has 3 rings (SSSR count). The van der Waals surface area contributed by atoms with Gasteiger partial charge < -0.3 is 24.2 Å². The van der Waals surface area contributed by atoms with Crippen LogP contribution in [0.2, 0.25) is 0 Å². The summed E-state index contributed by atoms with van der Waals surface area (Å²) in [7, 11) is 2.01. The average Bonchev–Trinajstić information content (AvgIpc) is 3.13. The molecule has 1 N–H and O–H groups in total. The van der Waals surface area contributed by atoms with E-state index in [0.29, 0.717) is 26.3 Å². The van der Waals surface area contributed by atoms with Crippen molar-refractivity contribution in [2.75, 3.05) is 26.8 Å². The standard InChI is InChI=1S/C19H26N4O3.HI/c1-4-15-11-16(26-22-15)12-21-19(20-5-2)23(3)13-14-6-7-17-18(10-14)25-9-8-24-17;/h6-7,10-11H,4-5,8-9,12-13H2,1-3H3,(H,20,21);1H. The lowest BCUT2D eigenvalue weighted by Gasteiger charge is -2.23. The fraction of sp³-hybridized carbons (Fsp3) is 0.474. The summed E-state index contributed by atoms with van der Waals surface area (Å²) in [6.45, 7) is 7.26. The molecule has 0 spiro atoms. The molecule has 2 heterocycles. The smallest absolute Gasteiger partial charge is 0.194 e. The van der Waals surface area contributed by atoms with Crippen molar-refractivity contribution in [2.45, 2.75) is 33.4 Å². The lowest BCUT2D eigenvalue weighted by atomic mass is 10.2. The van der Waals surface area contributed by atoms with Crippen LogP contribution in [0.4, 0.5) is 0 Å². The Kier molecular flexibility index (Phi) is 8.21. The first-order chi connectivity index (χ1) is 12.7. The zero-order chi connectivity index (χ0) is 18.4. The summed E-state index contributed by atoms with van der Waals surface area (Å²) in [5.41, 5.74) is 2.08. The van der Waals surface area contributed by atoms with Gasteiger partial charge in [-0.3, -0.25) is 0 Å². The number of benzene rings is 1. The van der Waals surface area contributed by atoms with Gasteiger partial charge in [0, 0.05) is 26.2 Å². The van der Waals surface area contributed by atoms with E-state index in [4.69, 9.17) is 14.0 Å². The maximum atomic E-state index is 5.66. The number of nitrogens with one attached hydrogen (secondary N) is 1. The van der Waals surface area contributed by atoms with Gasteiger partial charge in [-0.05, 0) is 31.0 Å². The Bertz CT molecular complexity index is 763. The fourth-order valence-electron chi connectivity index (χ4n) is 2.75. The molecule has 7 nitrogen and oxygen atoms in total. The summed E-state index contributed by atoms with van der Waals surface area (Å²) in [6, 6.07) is 7.99. The van der Waals surface area contributed by atoms with Crippen molar-refractivity contribution in [3.05, 3.63) is 41.3 Å². The van der Waals surface area contributed by atoms with Crippen molar-refractivity contribution >= 4 is 29.9 Å². The number of ether oxygens (including phenoxy) is 2. The molecular formula is C19H27IN4O3. The Balaban J connectivity index is 0.00000261. The highest BCUT2D eigenvalue weighted by Crippen LogP contribution is 2.31. The highest BCUT2D eigenvalue weighted by molar-refractivity contribution is 14.0. The van der Waals surface area contributed by atoms with Gasteiger partial charge in [0.25, 0.3) is 0 Å². The minimum atomic E-state index is 0. The van der Waals surface area contributed by atoms with E-state index in [1.807, 2.05) is 25.2 Å². The molecule has 0 unspecified atom stereocenters. The van der Waals surface area contributed by atoms with Crippen molar-refractivity contribution in [2.24, 2.45) is 4.99 Å². The molecule has 0 saturated heterocycles. The zero-order valence-electron chi connectivity index (χ0n) is 16.0. The fourth-order valence-corrected chi connectivity index (χ4v) is 2.75. The third-order valence-electron chi connectivity index (χ3n) is 4.08. The Labute approximate surface area is 177 Å². The van der Waals surface area contributed by atoms with E-state index >= 15 is 0 Å². The molecule has 2 aromatic rings. The van der Waals surface area contributed by atoms with E-state index in [1.165, 1.54) is 0 Å². The quantitative estimate of drug-likeness (QED) is 0.384. The van der Waals surface area contributed by atoms with Crippen LogP contribution in [0.1, 0.15) is 30.9 Å². The number of nitrogens with zero attached hydrogens (tertiary/aromatic N) is 3. The predicted octanol–water partition coefficient (Wildman–Crippen LogP) is 3.22. The van der Waals surface area contributed by atoms with Crippen LogP contribution in [-0.4, -0.2) is 42.8 Å². The van der Waals surface area contributed by atoms with Crippen LogP contribution in [0, 0.1) is 0 Å². The molecule has 0 radical (unpaired) electrons. The van der Waals surface area contributed by atoms with E-state index in [0.717, 1.165) is 47.4 Å².